The van der Waals surface area contributed by atoms with Gasteiger partial charge in [-0.15, -0.1) is 0 Å². The average Bonchev–Trinajstić information content (AvgIpc) is 3.58. The number of nitrogens with zero attached hydrogens (tertiary/aromatic N) is 2. The predicted molar refractivity (Wildman–Crippen MR) is 202 cm³/mol. The van der Waals surface area contributed by atoms with Gasteiger partial charge in [-0.25, -0.2) is 0 Å². The van der Waals surface area contributed by atoms with Crippen LogP contribution in [0.2, 0.25) is 0 Å². The van der Waals surface area contributed by atoms with Gasteiger partial charge in [0.15, 0.2) is 0 Å². The van der Waals surface area contributed by atoms with Gasteiger partial charge in [-0.1, -0.05) is 76.6 Å². The molecule has 0 spiro atoms. The van der Waals surface area contributed by atoms with Gasteiger partial charge in [0, 0.05) is 33.5 Å². The third-order valence-electron chi connectivity index (χ3n) is 9.41. The third-order valence-corrected chi connectivity index (χ3v) is 9.41. The lowest BCUT2D eigenvalue weighted by Gasteiger charge is -2.35. The molecule has 2 aromatic rings. The minimum atomic E-state index is -1.25. The van der Waals surface area contributed by atoms with E-state index in [-0.39, 0.29) is 37.6 Å². The standard InChI is InChI=1S/C40H54N6O9/c1-7-13-29(34(49)37(51)41-23-32(48)43-33(38(52)45(5)6)26-15-9-8-10-16-26)42-36(50)30-22-28-24-46(30)39(53)35(40(2,3)4)44-31(47)21-25-14-11-17-27(20-25)54-18-12-19-55-28/h8-11,14-17,20,28-30,33,35H,7,12-13,18-19,21-24H2,1-6H3,(H,41,51)(H,42,50)(H,43,48)(H,44,47)/t28-,29?,30?,33+,35-/m1/s1. The van der Waals surface area contributed by atoms with Crippen LogP contribution in [0.5, 0.6) is 5.75 Å². The number of benzene rings is 2. The summed E-state index contributed by atoms with van der Waals surface area (Å²) in [6.45, 7) is 7.37. The summed E-state index contributed by atoms with van der Waals surface area (Å²) < 4.78 is 12.0. The summed E-state index contributed by atoms with van der Waals surface area (Å²) in [7, 11) is 3.11. The van der Waals surface area contributed by atoms with Crippen LogP contribution in [0.4, 0.5) is 0 Å². The highest BCUT2D eigenvalue weighted by Crippen LogP contribution is 2.28. The van der Waals surface area contributed by atoms with Crippen molar-refractivity contribution in [3.05, 3.63) is 65.7 Å². The molecule has 1 fully saturated rings. The number of likely N-dealkylation sites (N-methyl/N-ethyl adjacent to an activating group) is 1. The number of ketones is 1. The normalized spacial score (nSPS) is 20.3. The number of amides is 6. The summed E-state index contributed by atoms with van der Waals surface area (Å²) in [6, 6.07) is 11.5. The number of ether oxygens (including phenoxy) is 2. The van der Waals surface area contributed by atoms with Gasteiger partial charge in [-0.2, -0.15) is 0 Å². The first kappa shape index (κ1) is 42.4. The Bertz CT molecular complexity index is 1710. The van der Waals surface area contributed by atoms with Crippen molar-refractivity contribution in [1.29, 1.82) is 0 Å². The Labute approximate surface area is 322 Å². The highest BCUT2D eigenvalue weighted by Gasteiger charge is 2.46. The van der Waals surface area contributed by atoms with E-state index in [0.717, 1.165) is 0 Å². The minimum Gasteiger partial charge on any atom is -0.493 e. The number of hydrogen-bond donors (Lipinski definition) is 4. The Balaban J connectivity index is 1.47. The van der Waals surface area contributed by atoms with Crippen molar-refractivity contribution in [2.75, 3.05) is 40.4 Å². The fourth-order valence-electron chi connectivity index (χ4n) is 6.50. The van der Waals surface area contributed by atoms with Crippen molar-refractivity contribution in [2.45, 2.75) is 90.1 Å². The van der Waals surface area contributed by atoms with E-state index in [1.165, 1.54) is 9.80 Å². The molecular formula is C40H54N6O9. The van der Waals surface area contributed by atoms with Crippen molar-refractivity contribution >= 4 is 41.2 Å². The highest BCUT2D eigenvalue weighted by atomic mass is 16.5. The first-order valence-corrected chi connectivity index (χ1v) is 18.7. The first-order valence-electron chi connectivity index (χ1n) is 18.7. The zero-order valence-electron chi connectivity index (χ0n) is 32.5. The predicted octanol–water partition coefficient (Wildman–Crippen LogP) is 1.44. The maximum absolute atomic E-state index is 14.3. The summed E-state index contributed by atoms with van der Waals surface area (Å²) >= 11 is 0. The van der Waals surface area contributed by atoms with Crippen molar-refractivity contribution < 1.29 is 43.0 Å². The lowest BCUT2D eigenvalue weighted by atomic mass is 9.85. The Kier molecular flexibility index (Phi) is 14.9. The fraction of sp³-hybridized carbons (Fsp3) is 0.525. The van der Waals surface area contributed by atoms with Gasteiger partial charge in [-0.05, 0) is 35.1 Å². The van der Waals surface area contributed by atoms with Crippen LogP contribution in [0.3, 0.4) is 0 Å². The number of hydrogen-bond acceptors (Lipinski definition) is 9. The molecule has 0 radical (unpaired) electrons. The monoisotopic (exact) mass is 762 g/mol. The smallest absolute Gasteiger partial charge is 0.290 e. The van der Waals surface area contributed by atoms with Gasteiger partial charge in [-0.3, -0.25) is 33.6 Å². The van der Waals surface area contributed by atoms with Crippen LogP contribution in [-0.4, -0.2) is 116 Å². The van der Waals surface area contributed by atoms with Gasteiger partial charge in [0.25, 0.3) is 5.91 Å². The summed E-state index contributed by atoms with van der Waals surface area (Å²) in [4.78, 5) is 96.5. The van der Waals surface area contributed by atoms with Crippen LogP contribution in [-0.2, 0) is 44.7 Å². The summed E-state index contributed by atoms with van der Waals surface area (Å²) in [6.07, 6.45) is 0.692. The molecule has 4 rings (SSSR count). The van der Waals surface area contributed by atoms with Crippen molar-refractivity contribution in [1.82, 2.24) is 31.1 Å². The molecular weight excluding hydrogens is 708 g/mol. The molecule has 15 nitrogen and oxygen atoms in total. The fourth-order valence-corrected chi connectivity index (χ4v) is 6.50. The minimum absolute atomic E-state index is 0.0130. The molecule has 55 heavy (non-hydrogen) atoms. The summed E-state index contributed by atoms with van der Waals surface area (Å²) in [5, 5.41) is 10.5. The molecule has 2 heterocycles. The molecule has 4 bridgehead atoms. The quantitative estimate of drug-likeness (QED) is 0.246. The van der Waals surface area contributed by atoms with E-state index in [0.29, 0.717) is 42.9 Å². The molecule has 15 heteroatoms. The largest absolute Gasteiger partial charge is 0.493 e. The SMILES string of the molecule is CCCC(NC(=O)C1C[C@@H]2CN1C(=O)[C@H](C(C)(C)C)NC(=O)Cc1cccc(c1)OCCCO2)C(=O)C(=O)NCC(=O)N[C@H](C(=O)N(C)C)c1ccccc1. The lowest BCUT2D eigenvalue weighted by molar-refractivity contribution is -0.145. The molecule has 2 aliphatic heterocycles. The molecule has 6 amide bonds. The second kappa shape index (κ2) is 19.3. The van der Waals surface area contributed by atoms with Crippen LogP contribution in [0.15, 0.2) is 54.6 Å². The van der Waals surface area contributed by atoms with E-state index >= 15 is 0 Å². The summed E-state index contributed by atoms with van der Waals surface area (Å²) in [5.74, 6) is -4.03. The van der Waals surface area contributed by atoms with E-state index in [1.54, 1.807) is 75.6 Å². The van der Waals surface area contributed by atoms with E-state index in [1.807, 2.05) is 20.8 Å². The molecule has 4 N–H and O–H groups in total. The number of carbonyl (C=O) groups is 7. The van der Waals surface area contributed by atoms with Crippen molar-refractivity contribution in [3.8, 4) is 5.75 Å². The van der Waals surface area contributed by atoms with Gasteiger partial charge < -0.3 is 40.5 Å². The van der Waals surface area contributed by atoms with E-state index in [9.17, 15) is 33.6 Å². The van der Waals surface area contributed by atoms with Crippen LogP contribution >= 0.6 is 0 Å². The van der Waals surface area contributed by atoms with Crippen LogP contribution < -0.4 is 26.0 Å². The van der Waals surface area contributed by atoms with Crippen molar-refractivity contribution in [2.24, 2.45) is 5.41 Å². The van der Waals surface area contributed by atoms with Crippen LogP contribution in [0, 0.1) is 5.41 Å². The molecule has 2 aromatic carbocycles. The Morgan fingerprint density at radius 1 is 0.982 bits per heavy atom. The average molecular weight is 763 g/mol. The molecule has 5 atom stereocenters. The maximum atomic E-state index is 14.3. The number of nitrogens with one attached hydrogen (secondary N) is 4. The second-order valence-electron chi connectivity index (χ2n) is 15.2. The van der Waals surface area contributed by atoms with Gasteiger partial charge in [0.2, 0.25) is 35.3 Å². The second-order valence-corrected chi connectivity index (χ2v) is 15.2. The molecule has 2 unspecified atom stereocenters. The van der Waals surface area contributed by atoms with Crippen molar-refractivity contribution in [3.63, 3.8) is 0 Å². The Morgan fingerprint density at radius 3 is 2.38 bits per heavy atom. The molecule has 1 saturated heterocycles. The number of rotatable bonds is 11. The molecule has 298 valence electrons. The van der Waals surface area contributed by atoms with Gasteiger partial charge in [0.1, 0.15) is 23.9 Å². The van der Waals surface area contributed by atoms with E-state index < -0.39 is 71.6 Å². The zero-order chi connectivity index (χ0) is 40.3. The van der Waals surface area contributed by atoms with E-state index in [4.69, 9.17) is 9.47 Å². The zero-order valence-corrected chi connectivity index (χ0v) is 32.5. The van der Waals surface area contributed by atoms with Gasteiger partial charge in [0.05, 0.1) is 38.3 Å². The summed E-state index contributed by atoms with van der Waals surface area (Å²) in [5.41, 5.74) is 0.513. The van der Waals surface area contributed by atoms with E-state index in [2.05, 4.69) is 21.3 Å². The topological polar surface area (TPSA) is 193 Å². The number of carbonyl (C=O) groups excluding carboxylic acids is 7. The van der Waals surface area contributed by atoms with Crippen LogP contribution in [0.25, 0.3) is 0 Å². The molecule has 0 aliphatic carbocycles. The van der Waals surface area contributed by atoms with Gasteiger partial charge >= 0.3 is 0 Å². The number of Topliss-reactive ketones (excluding diaryl/α,β-unsaturated/α-hetero) is 1. The molecule has 0 saturated carbocycles. The Hall–Kier alpha value is -5.31. The van der Waals surface area contributed by atoms with Crippen LogP contribution in [0.1, 0.15) is 70.5 Å². The maximum Gasteiger partial charge on any atom is 0.290 e. The molecule has 2 aliphatic rings. The number of fused-ring (bicyclic) bond motifs is 4. The first-order chi connectivity index (χ1) is 26.1. The highest BCUT2D eigenvalue weighted by molar-refractivity contribution is 6.38. The lowest BCUT2D eigenvalue weighted by Crippen LogP contribution is -2.59. The third kappa shape index (κ3) is 11.8. The molecule has 0 aromatic heterocycles. The Morgan fingerprint density at radius 2 is 1.71 bits per heavy atom.